The first-order valence-electron chi connectivity index (χ1n) is 3.65. The molecule has 0 saturated carbocycles. The van der Waals surface area contributed by atoms with E-state index in [1.807, 2.05) is 0 Å². The van der Waals surface area contributed by atoms with Crippen LogP contribution in [0.3, 0.4) is 0 Å². The summed E-state index contributed by atoms with van der Waals surface area (Å²) < 4.78 is 63.5. The predicted octanol–water partition coefficient (Wildman–Crippen LogP) is 3.01. The SMILES string of the molecule is Oc1ccc(C(F)(F)F)cc1OC(F)F. The Labute approximate surface area is 80.9 Å². The highest BCUT2D eigenvalue weighted by Crippen LogP contribution is 2.36. The summed E-state index contributed by atoms with van der Waals surface area (Å²) in [5.41, 5.74) is -1.17. The van der Waals surface area contributed by atoms with Crippen molar-refractivity contribution < 1.29 is 31.8 Å². The van der Waals surface area contributed by atoms with Crippen LogP contribution < -0.4 is 4.74 Å². The van der Waals surface area contributed by atoms with Crippen LogP contribution in [-0.2, 0) is 6.18 Å². The lowest BCUT2D eigenvalue weighted by Gasteiger charge is -2.10. The number of phenols is 1. The third-order valence-corrected chi connectivity index (χ3v) is 1.50. The lowest BCUT2D eigenvalue weighted by Crippen LogP contribution is -2.07. The minimum absolute atomic E-state index is 0.307. The molecule has 7 heteroatoms. The number of aromatic hydroxyl groups is 1. The van der Waals surface area contributed by atoms with E-state index in [1.165, 1.54) is 0 Å². The maximum Gasteiger partial charge on any atom is 0.416 e. The molecule has 0 fully saturated rings. The summed E-state index contributed by atoms with van der Waals surface area (Å²) in [7, 11) is 0. The third-order valence-electron chi connectivity index (χ3n) is 1.50. The minimum Gasteiger partial charge on any atom is -0.504 e. The standard InChI is InChI=1S/C8H5F5O2/c9-7(10)15-6-3-4(8(11,12)13)1-2-5(6)14/h1-3,7,14H. The van der Waals surface area contributed by atoms with Crippen LogP contribution in [0.4, 0.5) is 22.0 Å². The number of halogens is 5. The molecule has 1 rings (SSSR count). The Bertz CT molecular complexity index is 347. The van der Waals surface area contributed by atoms with Gasteiger partial charge in [0.05, 0.1) is 5.56 Å². The highest BCUT2D eigenvalue weighted by molar-refractivity contribution is 5.42. The van der Waals surface area contributed by atoms with Crippen LogP contribution in [0.1, 0.15) is 5.56 Å². The molecule has 0 saturated heterocycles. The largest absolute Gasteiger partial charge is 0.504 e. The molecule has 0 radical (unpaired) electrons. The number of alkyl halides is 5. The lowest BCUT2D eigenvalue weighted by molar-refractivity contribution is -0.138. The van der Waals surface area contributed by atoms with Crippen molar-refractivity contribution in [2.75, 3.05) is 0 Å². The van der Waals surface area contributed by atoms with Gasteiger partial charge in [-0.1, -0.05) is 0 Å². The van der Waals surface area contributed by atoms with Crippen LogP contribution in [0, 0.1) is 0 Å². The molecule has 2 nitrogen and oxygen atoms in total. The molecule has 15 heavy (non-hydrogen) atoms. The van der Waals surface area contributed by atoms with E-state index in [1.54, 1.807) is 0 Å². The van der Waals surface area contributed by atoms with Crippen LogP contribution in [0.15, 0.2) is 18.2 Å². The van der Waals surface area contributed by atoms with Gasteiger partial charge in [-0.25, -0.2) is 0 Å². The molecule has 0 aliphatic carbocycles. The van der Waals surface area contributed by atoms with Crippen molar-refractivity contribution in [3.05, 3.63) is 23.8 Å². The third kappa shape index (κ3) is 2.97. The number of hydrogen-bond donors (Lipinski definition) is 1. The summed E-state index contributed by atoms with van der Waals surface area (Å²) in [6.07, 6.45) is -4.67. The number of phenolic OH excluding ortho intramolecular Hbond substituents is 1. The van der Waals surface area contributed by atoms with Crippen molar-refractivity contribution in [3.8, 4) is 11.5 Å². The van der Waals surface area contributed by atoms with Crippen molar-refractivity contribution >= 4 is 0 Å². The first-order valence-corrected chi connectivity index (χ1v) is 3.65. The summed E-state index contributed by atoms with van der Waals surface area (Å²) in [5.74, 6) is -1.68. The van der Waals surface area contributed by atoms with Gasteiger partial charge in [-0.15, -0.1) is 0 Å². The summed E-state index contributed by atoms with van der Waals surface area (Å²) in [4.78, 5) is 0. The molecule has 0 atom stereocenters. The Balaban J connectivity index is 3.06. The zero-order valence-electron chi connectivity index (χ0n) is 7.05. The lowest BCUT2D eigenvalue weighted by atomic mass is 10.2. The number of benzene rings is 1. The quantitative estimate of drug-likeness (QED) is 0.788. The Morgan fingerprint density at radius 2 is 1.80 bits per heavy atom. The number of ether oxygens (including phenoxy) is 1. The molecule has 1 N–H and O–H groups in total. The average molecular weight is 228 g/mol. The van der Waals surface area contributed by atoms with E-state index in [0.29, 0.717) is 18.2 Å². The summed E-state index contributed by atoms with van der Waals surface area (Å²) >= 11 is 0. The second kappa shape index (κ2) is 3.92. The maximum atomic E-state index is 12.1. The Hall–Kier alpha value is -1.53. The molecule has 1 aromatic rings. The molecule has 0 aliphatic rings. The van der Waals surface area contributed by atoms with Crippen molar-refractivity contribution in [1.29, 1.82) is 0 Å². The predicted molar refractivity (Wildman–Crippen MR) is 39.7 cm³/mol. The van der Waals surface area contributed by atoms with E-state index in [-0.39, 0.29) is 0 Å². The molecule has 0 heterocycles. The van der Waals surface area contributed by atoms with Gasteiger partial charge >= 0.3 is 12.8 Å². The van der Waals surface area contributed by atoms with E-state index in [0.717, 1.165) is 0 Å². The zero-order chi connectivity index (χ0) is 11.6. The van der Waals surface area contributed by atoms with Gasteiger partial charge in [0.15, 0.2) is 11.5 Å². The van der Waals surface area contributed by atoms with E-state index in [4.69, 9.17) is 5.11 Å². The van der Waals surface area contributed by atoms with Gasteiger partial charge in [0.2, 0.25) is 0 Å². The molecule has 84 valence electrons. The first kappa shape index (κ1) is 11.5. The summed E-state index contributed by atoms with van der Waals surface area (Å²) in [5, 5.41) is 8.92. The fourth-order valence-electron chi connectivity index (χ4n) is 0.881. The Kier molecular flexibility index (Phi) is 3.01. The van der Waals surface area contributed by atoms with Gasteiger partial charge in [-0.3, -0.25) is 0 Å². The number of hydrogen-bond acceptors (Lipinski definition) is 2. The van der Waals surface area contributed by atoms with Crippen LogP contribution in [0.2, 0.25) is 0 Å². The molecule has 0 unspecified atom stereocenters. The number of rotatable bonds is 2. The smallest absolute Gasteiger partial charge is 0.416 e. The fraction of sp³-hybridized carbons (Fsp3) is 0.250. The molecular weight excluding hydrogens is 223 g/mol. The maximum absolute atomic E-state index is 12.1. The summed E-state index contributed by atoms with van der Waals surface area (Å²) in [6, 6.07) is 1.51. The Morgan fingerprint density at radius 1 is 1.20 bits per heavy atom. The van der Waals surface area contributed by atoms with E-state index in [9.17, 15) is 22.0 Å². The first-order chi connectivity index (χ1) is 6.80. The van der Waals surface area contributed by atoms with E-state index >= 15 is 0 Å². The van der Waals surface area contributed by atoms with Crippen molar-refractivity contribution in [1.82, 2.24) is 0 Å². The second-order valence-electron chi connectivity index (χ2n) is 2.56. The monoisotopic (exact) mass is 228 g/mol. The molecule has 0 aromatic heterocycles. The van der Waals surface area contributed by atoms with Crippen LogP contribution in [0.25, 0.3) is 0 Å². The van der Waals surface area contributed by atoms with E-state index in [2.05, 4.69) is 4.74 Å². The molecular formula is C8H5F5O2. The highest BCUT2D eigenvalue weighted by atomic mass is 19.4. The van der Waals surface area contributed by atoms with Gasteiger partial charge in [0, 0.05) is 0 Å². The van der Waals surface area contributed by atoms with Crippen molar-refractivity contribution in [2.24, 2.45) is 0 Å². The van der Waals surface area contributed by atoms with Crippen LogP contribution in [0.5, 0.6) is 11.5 Å². The second-order valence-corrected chi connectivity index (χ2v) is 2.56. The summed E-state index contributed by atoms with van der Waals surface area (Å²) in [6.45, 7) is -3.29. The molecule has 0 amide bonds. The Morgan fingerprint density at radius 3 is 2.27 bits per heavy atom. The van der Waals surface area contributed by atoms with Crippen molar-refractivity contribution in [3.63, 3.8) is 0 Å². The van der Waals surface area contributed by atoms with Gasteiger partial charge in [0.1, 0.15) is 0 Å². The molecule has 1 aromatic carbocycles. The molecule has 0 spiro atoms. The van der Waals surface area contributed by atoms with E-state index < -0.39 is 29.9 Å². The van der Waals surface area contributed by atoms with Gasteiger partial charge in [0.25, 0.3) is 0 Å². The molecule has 0 bridgehead atoms. The van der Waals surface area contributed by atoms with Gasteiger partial charge in [-0.05, 0) is 18.2 Å². The highest BCUT2D eigenvalue weighted by Gasteiger charge is 2.31. The zero-order valence-corrected chi connectivity index (χ0v) is 7.05. The molecule has 0 aliphatic heterocycles. The van der Waals surface area contributed by atoms with Gasteiger partial charge < -0.3 is 9.84 Å². The van der Waals surface area contributed by atoms with Crippen molar-refractivity contribution in [2.45, 2.75) is 12.8 Å². The van der Waals surface area contributed by atoms with Gasteiger partial charge in [-0.2, -0.15) is 22.0 Å². The topological polar surface area (TPSA) is 29.5 Å². The van der Waals surface area contributed by atoms with Crippen LogP contribution in [-0.4, -0.2) is 11.7 Å². The van der Waals surface area contributed by atoms with Crippen LogP contribution >= 0.6 is 0 Å². The average Bonchev–Trinajstić information content (AvgIpc) is 2.06. The normalized spacial score (nSPS) is 11.9. The minimum atomic E-state index is -4.67. The fourth-order valence-corrected chi connectivity index (χ4v) is 0.881.